The Morgan fingerprint density at radius 1 is 1.32 bits per heavy atom. The fourth-order valence-corrected chi connectivity index (χ4v) is 3.00. The molecule has 0 saturated heterocycles. The second kappa shape index (κ2) is 7.52. The number of benzene rings is 1. The maximum absolute atomic E-state index is 5.96. The summed E-state index contributed by atoms with van der Waals surface area (Å²) in [6.07, 6.45) is 1.71. The van der Waals surface area contributed by atoms with Gasteiger partial charge >= 0.3 is 0 Å². The van der Waals surface area contributed by atoms with Gasteiger partial charge in [0.05, 0.1) is 6.54 Å². The topological polar surface area (TPSA) is 91.7 Å². The van der Waals surface area contributed by atoms with Crippen LogP contribution in [-0.4, -0.2) is 25.0 Å². The Bertz CT molecular complexity index is 914. The summed E-state index contributed by atoms with van der Waals surface area (Å²) < 4.78 is 8.46. The van der Waals surface area contributed by atoms with Crippen LogP contribution in [0.15, 0.2) is 24.4 Å². The number of anilines is 1. The molecule has 0 aliphatic rings. The van der Waals surface area contributed by atoms with Crippen molar-refractivity contribution < 1.29 is 4.74 Å². The largest absolute Gasteiger partial charge is 0.487 e. The van der Waals surface area contributed by atoms with Gasteiger partial charge in [-0.05, 0) is 60.2 Å². The molecule has 0 radical (unpaired) electrons. The first-order valence-corrected chi connectivity index (χ1v) is 8.94. The van der Waals surface area contributed by atoms with Crippen LogP contribution in [0.2, 0.25) is 5.02 Å². The van der Waals surface area contributed by atoms with E-state index >= 15 is 0 Å². The van der Waals surface area contributed by atoms with E-state index in [0.29, 0.717) is 29.8 Å². The highest BCUT2D eigenvalue weighted by molar-refractivity contribution is 14.1. The summed E-state index contributed by atoms with van der Waals surface area (Å²) in [6.45, 7) is 4.52. The number of aryl methyl sites for hydroxylation is 2. The van der Waals surface area contributed by atoms with Crippen molar-refractivity contribution in [1.29, 1.82) is 0 Å². The third kappa shape index (κ3) is 4.18. The fourth-order valence-electron chi connectivity index (χ4n) is 2.24. The highest BCUT2D eigenvalue weighted by Crippen LogP contribution is 2.23. The number of hydrogen-bond acceptors (Lipinski definition) is 6. The minimum Gasteiger partial charge on any atom is -0.487 e. The van der Waals surface area contributed by atoms with Crippen LogP contribution in [0, 0.1) is 17.5 Å². The van der Waals surface area contributed by atoms with Crippen molar-refractivity contribution in [3.8, 4) is 5.75 Å². The summed E-state index contributed by atoms with van der Waals surface area (Å²) in [5.74, 6) is 1.86. The molecular formula is C16H16ClIN6O. The summed E-state index contributed by atoms with van der Waals surface area (Å²) in [4.78, 5) is 8.34. The van der Waals surface area contributed by atoms with Gasteiger partial charge in [-0.3, -0.25) is 0 Å². The van der Waals surface area contributed by atoms with E-state index in [1.54, 1.807) is 23.9 Å². The molecule has 1 aromatic carbocycles. The van der Waals surface area contributed by atoms with Gasteiger partial charge in [-0.1, -0.05) is 16.8 Å². The number of hydrogen-bond donors (Lipinski definition) is 1. The molecule has 2 N–H and O–H groups in total. The van der Waals surface area contributed by atoms with Crippen molar-refractivity contribution in [2.45, 2.75) is 27.0 Å². The monoisotopic (exact) mass is 470 g/mol. The first kappa shape index (κ1) is 17.9. The third-order valence-electron chi connectivity index (χ3n) is 3.58. The van der Waals surface area contributed by atoms with Crippen LogP contribution in [0.3, 0.4) is 0 Å². The van der Waals surface area contributed by atoms with Crippen LogP contribution >= 0.6 is 34.2 Å². The fraction of sp³-hybridized carbons (Fsp3) is 0.250. The first-order chi connectivity index (χ1) is 11.9. The molecule has 7 nitrogen and oxygen atoms in total. The molecule has 0 unspecified atom stereocenters. The highest BCUT2D eigenvalue weighted by Gasteiger charge is 2.13. The summed E-state index contributed by atoms with van der Waals surface area (Å²) in [5, 5.41) is 9.05. The van der Waals surface area contributed by atoms with Gasteiger partial charge in [-0.2, -0.15) is 0 Å². The summed E-state index contributed by atoms with van der Waals surface area (Å²) >= 11 is 8.15. The molecule has 0 bridgehead atoms. The number of halogens is 2. The van der Waals surface area contributed by atoms with Gasteiger partial charge in [0.2, 0.25) is 0 Å². The van der Waals surface area contributed by atoms with E-state index in [2.05, 4.69) is 42.9 Å². The molecule has 0 aliphatic heterocycles. The average molecular weight is 471 g/mol. The Balaban J connectivity index is 1.72. The van der Waals surface area contributed by atoms with E-state index in [9.17, 15) is 0 Å². The van der Waals surface area contributed by atoms with Crippen molar-refractivity contribution in [1.82, 2.24) is 25.0 Å². The molecule has 0 amide bonds. The molecule has 0 atom stereocenters. The normalized spacial score (nSPS) is 10.9. The smallest absolute Gasteiger partial charge is 0.135 e. The van der Waals surface area contributed by atoms with E-state index in [4.69, 9.17) is 22.1 Å². The Hall–Kier alpha value is -1.94. The summed E-state index contributed by atoms with van der Waals surface area (Å²) in [5.41, 5.74) is 8.46. The zero-order valence-corrected chi connectivity index (χ0v) is 16.6. The minimum absolute atomic E-state index is 0.320. The maximum atomic E-state index is 5.96. The van der Waals surface area contributed by atoms with Gasteiger partial charge in [-0.25, -0.2) is 14.6 Å². The lowest BCUT2D eigenvalue weighted by atomic mass is 10.2. The SMILES string of the molecule is Cc1ncc(Cn2nnc(COc3ccc(Cl)cc3C)c2I)c(N)n1. The van der Waals surface area contributed by atoms with Crippen molar-refractivity contribution in [3.05, 3.63) is 55.8 Å². The molecule has 2 heterocycles. The molecule has 2 aromatic heterocycles. The molecule has 0 fully saturated rings. The molecule has 130 valence electrons. The van der Waals surface area contributed by atoms with E-state index < -0.39 is 0 Å². The van der Waals surface area contributed by atoms with E-state index in [1.165, 1.54) is 0 Å². The van der Waals surface area contributed by atoms with Crippen LogP contribution in [0.4, 0.5) is 5.82 Å². The van der Waals surface area contributed by atoms with E-state index in [-0.39, 0.29) is 0 Å². The van der Waals surface area contributed by atoms with Gasteiger partial charge in [-0.15, -0.1) is 5.10 Å². The Labute approximate surface area is 163 Å². The Kier molecular flexibility index (Phi) is 5.38. The number of ether oxygens (including phenoxy) is 1. The van der Waals surface area contributed by atoms with Crippen molar-refractivity contribution in [3.63, 3.8) is 0 Å². The van der Waals surface area contributed by atoms with E-state index in [0.717, 1.165) is 26.3 Å². The van der Waals surface area contributed by atoms with Crippen LogP contribution in [0.5, 0.6) is 5.75 Å². The van der Waals surface area contributed by atoms with Gasteiger partial charge in [0, 0.05) is 16.8 Å². The molecule has 0 spiro atoms. The molecule has 0 aliphatic carbocycles. The standard InChI is InChI=1S/C16H16ClIN6O/c1-9-5-12(17)3-4-14(9)25-8-13-15(18)24(23-22-13)7-11-6-20-10(2)21-16(11)19/h3-6H,7-8H2,1-2H3,(H2,19,20,21). The van der Waals surface area contributed by atoms with Crippen LogP contribution in [0.1, 0.15) is 22.6 Å². The molecular weight excluding hydrogens is 455 g/mol. The van der Waals surface area contributed by atoms with Crippen LogP contribution < -0.4 is 10.5 Å². The van der Waals surface area contributed by atoms with Crippen LogP contribution in [-0.2, 0) is 13.2 Å². The Morgan fingerprint density at radius 2 is 2.12 bits per heavy atom. The third-order valence-corrected chi connectivity index (χ3v) is 4.99. The van der Waals surface area contributed by atoms with E-state index in [1.807, 2.05) is 19.1 Å². The van der Waals surface area contributed by atoms with Crippen LogP contribution in [0.25, 0.3) is 0 Å². The second-order valence-electron chi connectivity index (χ2n) is 5.51. The number of nitrogen functional groups attached to an aromatic ring is 1. The second-order valence-corrected chi connectivity index (χ2v) is 6.97. The molecule has 3 aromatic rings. The van der Waals surface area contributed by atoms with Gasteiger partial charge in [0.25, 0.3) is 0 Å². The number of aromatic nitrogens is 5. The number of nitrogens with zero attached hydrogens (tertiary/aromatic N) is 5. The average Bonchev–Trinajstić information content (AvgIpc) is 2.90. The van der Waals surface area contributed by atoms with Gasteiger partial charge in [0.1, 0.15) is 33.4 Å². The molecule has 3 rings (SSSR count). The Morgan fingerprint density at radius 3 is 2.84 bits per heavy atom. The van der Waals surface area contributed by atoms with Gasteiger partial charge in [0.15, 0.2) is 0 Å². The summed E-state index contributed by atoms with van der Waals surface area (Å²) in [6, 6.07) is 5.50. The van der Waals surface area contributed by atoms with Crippen molar-refractivity contribution in [2.75, 3.05) is 5.73 Å². The molecule has 25 heavy (non-hydrogen) atoms. The zero-order chi connectivity index (χ0) is 18.0. The summed E-state index contributed by atoms with van der Waals surface area (Å²) in [7, 11) is 0. The lowest BCUT2D eigenvalue weighted by molar-refractivity contribution is 0.298. The molecule has 0 saturated carbocycles. The quantitative estimate of drug-likeness (QED) is 0.576. The predicted octanol–water partition coefficient (Wildman–Crippen LogP) is 3.15. The highest BCUT2D eigenvalue weighted by atomic mass is 127. The number of rotatable bonds is 5. The van der Waals surface area contributed by atoms with Gasteiger partial charge < -0.3 is 10.5 Å². The zero-order valence-electron chi connectivity index (χ0n) is 13.7. The molecule has 9 heteroatoms. The first-order valence-electron chi connectivity index (χ1n) is 7.49. The number of nitrogens with two attached hydrogens (primary N) is 1. The van der Waals surface area contributed by atoms with Crippen molar-refractivity contribution in [2.24, 2.45) is 0 Å². The minimum atomic E-state index is 0.320. The predicted molar refractivity (Wildman–Crippen MR) is 104 cm³/mol. The van der Waals surface area contributed by atoms with Crippen molar-refractivity contribution >= 4 is 40.0 Å². The lowest BCUT2D eigenvalue weighted by Gasteiger charge is -2.08. The lowest BCUT2D eigenvalue weighted by Crippen LogP contribution is -2.09. The maximum Gasteiger partial charge on any atom is 0.135 e.